The van der Waals surface area contributed by atoms with Crippen LogP contribution in [-0.2, 0) is 0 Å². The average molecular weight is 258 g/mol. The molecule has 0 saturated carbocycles. The van der Waals surface area contributed by atoms with E-state index >= 15 is 0 Å². The zero-order chi connectivity index (χ0) is 13.7. The van der Waals surface area contributed by atoms with Crippen LogP contribution < -0.4 is 15.2 Å². The Bertz CT molecular complexity index is 524. The van der Waals surface area contributed by atoms with Gasteiger partial charge >= 0.3 is 0 Å². The van der Waals surface area contributed by atoms with Crippen LogP contribution in [0.5, 0.6) is 17.2 Å². The van der Waals surface area contributed by atoms with Crippen molar-refractivity contribution in [2.75, 3.05) is 6.61 Å². The first-order valence-electron chi connectivity index (χ1n) is 6.31. The molecule has 4 heteroatoms. The summed E-state index contributed by atoms with van der Waals surface area (Å²) in [6.07, 6.45) is 1.67. The summed E-state index contributed by atoms with van der Waals surface area (Å²) in [5, 5.41) is 0. The SMILES string of the molecule is CCOc1cccc(Oc2ccc(C(C)N)nc2)c1. The summed E-state index contributed by atoms with van der Waals surface area (Å²) in [5.74, 6) is 2.19. The Morgan fingerprint density at radius 2 is 1.95 bits per heavy atom. The molecule has 0 fully saturated rings. The van der Waals surface area contributed by atoms with E-state index < -0.39 is 0 Å². The molecule has 2 aromatic rings. The highest BCUT2D eigenvalue weighted by atomic mass is 16.5. The fourth-order valence-corrected chi connectivity index (χ4v) is 1.65. The van der Waals surface area contributed by atoms with E-state index in [1.165, 1.54) is 0 Å². The van der Waals surface area contributed by atoms with Gasteiger partial charge in [0.05, 0.1) is 18.5 Å². The lowest BCUT2D eigenvalue weighted by atomic mass is 10.2. The average Bonchev–Trinajstić information content (AvgIpc) is 2.40. The molecule has 1 aromatic carbocycles. The molecule has 2 N–H and O–H groups in total. The molecule has 0 aliphatic carbocycles. The Balaban J connectivity index is 2.10. The molecule has 0 saturated heterocycles. The van der Waals surface area contributed by atoms with Crippen LogP contribution in [0.1, 0.15) is 25.6 Å². The lowest BCUT2D eigenvalue weighted by Gasteiger charge is -2.09. The van der Waals surface area contributed by atoms with Gasteiger partial charge in [-0.05, 0) is 38.1 Å². The normalized spacial score (nSPS) is 11.9. The maximum absolute atomic E-state index is 5.75. The number of pyridine rings is 1. The van der Waals surface area contributed by atoms with Crippen molar-refractivity contribution >= 4 is 0 Å². The van der Waals surface area contributed by atoms with Gasteiger partial charge in [0, 0.05) is 12.1 Å². The van der Waals surface area contributed by atoms with Crippen molar-refractivity contribution in [1.29, 1.82) is 0 Å². The molecule has 2 rings (SSSR count). The summed E-state index contributed by atoms with van der Waals surface area (Å²) in [6.45, 7) is 4.48. The maximum atomic E-state index is 5.75. The van der Waals surface area contributed by atoms with Crippen molar-refractivity contribution in [1.82, 2.24) is 4.98 Å². The van der Waals surface area contributed by atoms with Crippen molar-refractivity contribution in [3.63, 3.8) is 0 Å². The molecule has 100 valence electrons. The molecule has 0 spiro atoms. The summed E-state index contributed by atoms with van der Waals surface area (Å²) in [7, 11) is 0. The van der Waals surface area contributed by atoms with Crippen LogP contribution in [0.2, 0.25) is 0 Å². The van der Waals surface area contributed by atoms with Crippen LogP contribution >= 0.6 is 0 Å². The van der Waals surface area contributed by atoms with Crippen LogP contribution in [-0.4, -0.2) is 11.6 Å². The summed E-state index contributed by atoms with van der Waals surface area (Å²) in [5.41, 5.74) is 6.59. The molecule has 0 aliphatic rings. The number of ether oxygens (including phenoxy) is 2. The van der Waals surface area contributed by atoms with Crippen LogP contribution in [0.4, 0.5) is 0 Å². The first-order valence-corrected chi connectivity index (χ1v) is 6.31. The Kier molecular flexibility index (Phi) is 4.36. The molecule has 1 unspecified atom stereocenters. The number of nitrogens with zero attached hydrogens (tertiary/aromatic N) is 1. The van der Waals surface area contributed by atoms with Gasteiger partial charge in [-0.1, -0.05) is 6.07 Å². The Morgan fingerprint density at radius 3 is 2.58 bits per heavy atom. The van der Waals surface area contributed by atoms with Gasteiger partial charge in [0.15, 0.2) is 0 Å². The summed E-state index contributed by atoms with van der Waals surface area (Å²) < 4.78 is 11.1. The minimum absolute atomic E-state index is 0.0738. The zero-order valence-corrected chi connectivity index (χ0v) is 11.2. The molecular weight excluding hydrogens is 240 g/mol. The Labute approximate surface area is 113 Å². The van der Waals surface area contributed by atoms with Crippen molar-refractivity contribution in [3.05, 3.63) is 48.3 Å². The highest BCUT2D eigenvalue weighted by Crippen LogP contribution is 2.25. The van der Waals surface area contributed by atoms with Gasteiger partial charge in [0.1, 0.15) is 17.2 Å². The van der Waals surface area contributed by atoms with Crippen molar-refractivity contribution in [2.45, 2.75) is 19.9 Å². The lowest BCUT2D eigenvalue weighted by molar-refractivity contribution is 0.338. The van der Waals surface area contributed by atoms with E-state index in [1.54, 1.807) is 6.20 Å². The van der Waals surface area contributed by atoms with Crippen molar-refractivity contribution < 1.29 is 9.47 Å². The smallest absolute Gasteiger partial charge is 0.145 e. The van der Waals surface area contributed by atoms with E-state index in [0.717, 1.165) is 17.2 Å². The van der Waals surface area contributed by atoms with E-state index in [0.29, 0.717) is 12.4 Å². The van der Waals surface area contributed by atoms with Crippen LogP contribution in [0, 0.1) is 0 Å². The Hall–Kier alpha value is -2.07. The summed E-state index contributed by atoms with van der Waals surface area (Å²) in [6, 6.07) is 11.2. The molecule has 0 amide bonds. The number of hydrogen-bond donors (Lipinski definition) is 1. The molecule has 0 radical (unpaired) electrons. The quantitative estimate of drug-likeness (QED) is 0.894. The van der Waals surface area contributed by atoms with Gasteiger partial charge in [-0.25, -0.2) is 0 Å². The van der Waals surface area contributed by atoms with E-state index in [4.69, 9.17) is 15.2 Å². The summed E-state index contributed by atoms with van der Waals surface area (Å²) in [4.78, 5) is 4.25. The van der Waals surface area contributed by atoms with Gasteiger partial charge in [-0.3, -0.25) is 4.98 Å². The van der Waals surface area contributed by atoms with Crippen LogP contribution in [0.25, 0.3) is 0 Å². The molecule has 19 heavy (non-hydrogen) atoms. The largest absolute Gasteiger partial charge is 0.494 e. The fourth-order valence-electron chi connectivity index (χ4n) is 1.65. The first kappa shape index (κ1) is 13.4. The standard InChI is InChI=1S/C15H18N2O2/c1-3-18-12-5-4-6-13(9-12)19-14-7-8-15(11(2)16)17-10-14/h4-11H,3,16H2,1-2H3. The monoisotopic (exact) mass is 258 g/mol. The third-order valence-electron chi connectivity index (χ3n) is 2.58. The maximum Gasteiger partial charge on any atom is 0.145 e. The predicted octanol–water partition coefficient (Wildman–Crippen LogP) is 3.29. The zero-order valence-electron chi connectivity index (χ0n) is 11.2. The third-order valence-corrected chi connectivity index (χ3v) is 2.58. The predicted molar refractivity (Wildman–Crippen MR) is 74.5 cm³/mol. The second kappa shape index (κ2) is 6.20. The number of hydrogen-bond acceptors (Lipinski definition) is 4. The van der Waals surface area contributed by atoms with E-state index in [2.05, 4.69) is 4.98 Å². The van der Waals surface area contributed by atoms with Crippen molar-refractivity contribution in [2.24, 2.45) is 5.73 Å². The van der Waals surface area contributed by atoms with E-state index in [9.17, 15) is 0 Å². The molecule has 0 aliphatic heterocycles. The number of benzene rings is 1. The highest BCUT2D eigenvalue weighted by molar-refractivity contribution is 5.36. The molecule has 1 atom stereocenters. The molecule has 0 bridgehead atoms. The molecule has 1 aromatic heterocycles. The second-order valence-corrected chi connectivity index (χ2v) is 4.22. The third kappa shape index (κ3) is 3.69. The molecule has 4 nitrogen and oxygen atoms in total. The Morgan fingerprint density at radius 1 is 1.16 bits per heavy atom. The first-order chi connectivity index (χ1) is 9.19. The van der Waals surface area contributed by atoms with Crippen molar-refractivity contribution in [3.8, 4) is 17.2 Å². The minimum Gasteiger partial charge on any atom is -0.494 e. The molecular formula is C15H18N2O2. The van der Waals surface area contributed by atoms with E-state index in [1.807, 2.05) is 50.2 Å². The second-order valence-electron chi connectivity index (χ2n) is 4.22. The lowest BCUT2D eigenvalue weighted by Crippen LogP contribution is -2.06. The highest BCUT2D eigenvalue weighted by Gasteiger charge is 2.03. The number of rotatable bonds is 5. The summed E-state index contributed by atoms with van der Waals surface area (Å²) >= 11 is 0. The van der Waals surface area contributed by atoms with Crippen LogP contribution in [0.15, 0.2) is 42.6 Å². The van der Waals surface area contributed by atoms with Gasteiger partial charge in [-0.15, -0.1) is 0 Å². The van der Waals surface area contributed by atoms with Gasteiger partial charge in [-0.2, -0.15) is 0 Å². The fraction of sp³-hybridized carbons (Fsp3) is 0.267. The topological polar surface area (TPSA) is 57.4 Å². The van der Waals surface area contributed by atoms with Gasteiger partial charge in [0.2, 0.25) is 0 Å². The van der Waals surface area contributed by atoms with Crippen LogP contribution in [0.3, 0.4) is 0 Å². The minimum atomic E-state index is -0.0738. The molecule has 1 heterocycles. The van der Waals surface area contributed by atoms with Gasteiger partial charge in [0.25, 0.3) is 0 Å². The number of nitrogens with two attached hydrogens (primary N) is 1. The number of aromatic nitrogens is 1. The van der Waals surface area contributed by atoms with Gasteiger partial charge < -0.3 is 15.2 Å². The van der Waals surface area contributed by atoms with E-state index in [-0.39, 0.29) is 6.04 Å².